The lowest BCUT2D eigenvalue weighted by atomic mass is 10.2. The summed E-state index contributed by atoms with van der Waals surface area (Å²) in [5.74, 6) is 0. The smallest absolute Gasteiger partial charge is 0.0898 e. The Balaban J connectivity index is 1.91. The van der Waals surface area contributed by atoms with Crippen LogP contribution < -0.4 is 0 Å². The molecule has 1 aliphatic rings. The van der Waals surface area contributed by atoms with E-state index in [9.17, 15) is 0 Å². The summed E-state index contributed by atoms with van der Waals surface area (Å²) in [5.41, 5.74) is 0. The van der Waals surface area contributed by atoms with Crippen molar-refractivity contribution in [3.63, 3.8) is 0 Å². The van der Waals surface area contributed by atoms with Crippen molar-refractivity contribution in [3.05, 3.63) is 12.8 Å². The van der Waals surface area contributed by atoms with Gasteiger partial charge in [-0.25, -0.2) is 0 Å². The quantitative estimate of drug-likeness (QED) is 0.334. The van der Waals surface area contributed by atoms with Crippen molar-refractivity contribution in [1.82, 2.24) is 0 Å². The van der Waals surface area contributed by atoms with E-state index in [4.69, 9.17) is 9.47 Å². The Hall–Kier alpha value is -0.500. The second-order valence-electron chi connectivity index (χ2n) is 2.83. The summed E-state index contributed by atoms with van der Waals surface area (Å²) in [4.78, 5) is 0. The highest BCUT2D eigenvalue weighted by Gasteiger charge is 2.36. The van der Waals surface area contributed by atoms with E-state index in [1.54, 1.807) is 0 Å². The summed E-state index contributed by atoms with van der Waals surface area (Å²) in [6.07, 6.45) is 5.89. The van der Waals surface area contributed by atoms with E-state index in [0.717, 1.165) is 13.0 Å². The van der Waals surface area contributed by atoms with Gasteiger partial charge in [0, 0.05) is 6.42 Å². The van der Waals surface area contributed by atoms with Gasteiger partial charge in [0.15, 0.2) is 0 Å². The van der Waals surface area contributed by atoms with Crippen LogP contribution in [0.3, 0.4) is 0 Å². The molecule has 1 aliphatic heterocycles. The molecule has 64 valence electrons. The van der Waals surface area contributed by atoms with Crippen molar-refractivity contribution in [3.8, 4) is 0 Å². The van der Waals surface area contributed by atoms with Crippen LogP contribution in [0.5, 0.6) is 0 Å². The molecule has 0 aromatic rings. The lowest BCUT2D eigenvalue weighted by Crippen LogP contribution is -1.97. The minimum Gasteiger partial charge on any atom is -0.502 e. The Morgan fingerprint density at radius 3 is 2.82 bits per heavy atom. The van der Waals surface area contributed by atoms with E-state index < -0.39 is 0 Å². The molecule has 0 aromatic carbocycles. The molecule has 1 saturated heterocycles. The topological polar surface area (TPSA) is 21.8 Å². The Labute approximate surface area is 68.2 Å². The second kappa shape index (κ2) is 4.39. The third kappa shape index (κ3) is 2.93. The summed E-state index contributed by atoms with van der Waals surface area (Å²) < 4.78 is 10.4. The molecule has 11 heavy (non-hydrogen) atoms. The predicted molar refractivity (Wildman–Crippen MR) is 44.3 cm³/mol. The average Bonchev–Trinajstić information content (AvgIpc) is 2.70. The Kier molecular flexibility index (Phi) is 3.43. The molecular formula is C9H16O2. The van der Waals surface area contributed by atoms with Gasteiger partial charge in [-0.05, 0) is 6.42 Å². The van der Waals surface area contributed by atoms with E-state index >= 15 is 0 Å². The van der Waals surface area contributed by atoms with Gasteiger partial charge in [0.1, 0.15) is 0 Å². The fourth-order valence-corrected chi connectivity index (χ4v) is 1.24. The van der Waals surface area contributed by atoms with Gasteiger partial charge < -0.3 is 9.47 Å². The molecule has 0 spiro atoms. The first-order valence-corrected chi connectivity index (χ1v) is 4.26. The molecule has 0 N–H and O–H groups in total. The van der Waals surface area contributed by atoms with Gasteiger partial charge >= 0.3 is 0 Å². The number of hydrogen-bond acceptors (Lipinski definition) is 2. The van der Waals surface area contributed by atoms with Crippen LogP contribution in [0, 0.1) is 0 Å². The van der Waals surface area contributed by atoms with Crippen molar-refractivity contribution < 1.29 is 9.47 Å². The van der Waals surface area contributed by atoms with Crippen molar-refractivity contribution in [2.24, 2.45) is 0 Å². The molecule has 0 aliphatic carbocycles. The van der Waals surface area contributed by atoms with Crippen LogP contribution in [0.2, 0.25) is 0 Å². The van der Waals surface area contributed by atoms with Crippen LogP contribution in [0.25, 0.3) is 0 Å². The predicted octanol–water partition coefficient (Wildman–Crippen LogP) is 2.10. The number of epoxide rings is 1. The zero-order chi connectivity index (χ0) is 8.10. The van der Waals surface area contributed by atoms with E-state index in [0.29, 0.717) is 12.2 Å². The first kappa shape index (κ1) is 8.60. The van der Waals surface area contributed by atoms with Crippen molar-refractivity contribution in [1.29, 1.82) is 0 Å². The Morgan fingerprint density at radius 2 is 2.18 bits per heavy atom. The zero-order valence-electron chi connectivity index (χ0n) is 7.08. The third-order valence-corrected chi connectivity index (χ3v) is 1.90. The summed E-state index contributed by atoms with van der Waals surface area (Å²) in [6, 6.07) is 0. The maximum Gasteiger partial charge on any atom is 0.0898 e. The van der Waals surface area contributed by atoms with Crippen LogP contribution in [-0.2, 0) is 9.47 Å². The van der Waals surface area contributed by atoms with E-state index in [1.807, 2.05) is 0 Å². The molecule has 1 rings (SSSR count). The Morgan fingerprint density at radius 1 is 1.45 bits per heavy atom. The minimum atomic E-state index is 0.467. The molecule has 0 radical (unpaired) electrons. The van der Waals surface area contributed by atoms with Gasteiger partial charge in [-0.1, -0.05) is 19.9 Å². The van der Waals surface area contributed by atoms with Crippen LogP contribution >= 0.6 is 0 Å². The van der Waals surface area contributed by atoms with Crippen molar-refractivity contribution in [2.75, 3.05) is 6.61 Å². The number of rotatable bonds is 6. The summed E-state index contributed by atoms with van der Waals surface area (Å²) >= 11 is 0. The summed E-state index contributed by atoms with van der Waals surface area (Å²) in [5, 5.41) is 0. The van der Waals surface area contributed by atoms with Gasteiger partial charge in [-0.3, -0.25) is 0 Å². The molecule has 2 heteroatoms. The van der Waals surface area contributed by atoms with E-state index in [2.05, 4.69) is 13.5 Å². The molecule has 2 atom stereocenters. The van der Waals surface area contributed by atoms with Crippen LogP contribution in [0.15, 0.2) is 12.8 Å². The van der Waals surface area contributed by atoms with Crippen molar-refractivity contribution in [2.45, 2.75) is 38.4 Å². The molecule has 1 fully saturated rings. The standard InChI is InChI=1S/C9H16O2/c1-3-5-8-9(11-8)6-7-10-4-2/h4,8-9H,2-3,5-7H2,1H3. The molecular weight excluding hydrogens is 140 g/mol. The Bertz CT molecular complexity index is 123. The molecule has 0 amide bonds. The van der Waals surface area contributed by atoms with Gasteiger partial charge in [0.05, 0.1) is 25.1 Å². The van der Waals surface area contributed by atoms with E-state index in [1.165, 1.54) is 19.1 Å². The van der Waals surface area contributed by atoms with Crippen LogP contribution in [0.4, 0.5) is 0 Å². The monoisotopic (exact) mass is 156 g/mol. The largest absolute Gasteiger partial charge is 0.502 e. The fraction of sp³-hybridized carbons (Fsp3) is 0.778. The third-order valence-electron chi connectivity index (χ3n) is 1.90. The molecule has 0 aromatic heterocycles. The molecule has 2 unspecified atom stereocenters. The van der Waals surface area contributed by atoms with Gasteiger partial charge in [-0.15, -0.1) is 0 Å². The van der Waals surface area contributed by atoms with Gasteiger partial charge in [0.25, 0.3) is 0 Å². The maximum atomic E-state index is 5.39. The molecule has 1 heterocycles. The van der Waals surface area contributed by atoms with Crippen LogP contribution in [0.1, 0.15) is 26.2 Å². The van der Waals surface area contributed by atoms with Gasteiger partial charge in [-0.2, -0.15) is 0 Å². The lowest BCUT2D eigenvalue weighted by molar-refractivity contribution is 0.229. The average molecular weight is 156 g/mol. The minimum absolute atomic E-state index is 0.467. The lowest BCUT2D eigenvalue weighted by Gasteiger charge is -1.95. The first-order valence-electron chi connectivity index (χ1n) is 4.26. The second-order valence-corrected chi connectivity index (χ2v) is 2.83. The highest BCUT2D eigenvalue weighted by atomic mass is 16.6. The molecule has 0 bridgehead atoms. The fourth-order valence-electron chi connectivity index (χ4n) is 1.24. The number of hydrogen-bond donors (Lipinski definition) is 0. The summed E-state index contributed by atoms with van der Waals surface area (Å²) in [6.45, 7) is 6.39. The maximum absolute atomic E-state index is 5.39. The molecule has 2 nitrogen and oxygen atoms in total. The SMILES string of the molecule is C=COCCC1OC1CCC. The summed E-state index contributed by atoms with van der Waals surface area (Å²) in [7, 11) is 0. The highest BCUT2D eigenvalue weighted by molar-refractivity contribution is 4.83. The first-order chi connectivity index (χ1) is 5.38. The van der Waals surface area contributed by atoms with Gasteiger partial charge in [0.2, 0.25) is 0 Å². The normalized spacial score (nSPS) is 28.1. The molecule has 0 saturated carbocycles. The van der Waals surface area contributed by atoms with E-state index in [-0.39, 0.29) is 0 Å². The van der Waals surface area contributed by atoms with Crippen molar-refractivity contribution >= 4 is 0 Å². The zero-order valence-corrected chi connectivity index (χ0v) is 7.08. The number of ether oxygens (including phenoxy) is 2. The highest BCUT2D eigenvalue weighted by Crippen LogP contribution is 2.28. The van der Waals surface area contributed by atoms with Crippen LogP contribution in [-0.4, -0.2) is 18.8 Å².